The second-order valence-electron chi connectivity index (χ2n) is 14.3. The summed E-state index contributed by atoms with van der Waals surface area (Å²) in [5.74, 6) is -8.37. The molecule has 1 N–H and O–H groups in total. The summed E-state index contributed by atoms with van der Waals surface area (Å²) in [7, 11) is 0. The molecule has 3 rings (SSSR count). The molecular formula is C39H54O25. The third-order valence-corrected chi connectivity index (χ3v) is 8.92. The van der Waals surface area contributed by atoms with Crippen LogP contribution in [0.25, 0.3) is 0 Å². The van der Waals surface area contributed by atoms with Crippen molar-refractivity contribution in [1.29, 1.82) is 0 Å². The normalized spacial score (nSPS) is 32.3. The standard InChI is InChI=1S/C39H54O25/c1-11-12-50-37-28(49)32(55-20(6)44)29(25(60-37)13-51-16(2)40)63-38-36(59-24(10)48)34(57-22(8)46)31(27(62-38)15-53-18(4)42)64-39-35(58-23(9)47)33(56-21(7)45)30(54-19(5)43)26(61-39)14-52-17(3)41/h11,25-39,49H,1,12-15H2,2-10H3/t25?,26?,27?,28?,29-,30+,31+,32-,33+,34+,35?,36?,37-,38+,39-/m1/s1. The van der Waals surface area contributed by atoms with Crippen LogP contribution in [0.2, 0.25) is 0 Å². The van der Waals surface area contributed by atoms with Crippen molar-refractivity contribution < 1.29 is 119 Å². The van der Waals surface area contributed by atoms with E-state index in [1.807, 2.05) is 0 Å². The van der Waals surface area contributed by atoms with Gasteiger partial charge < -0.3 is 76.2 Å². The minimum atomic E-state index is -1.96. The van der Waals surface area contributed by atoms with Gasteiger partial charge in [-0.2, -0.15) is 0 Å². The molecule has 0 radical (unpaired) electrons. The Kier molecular flexibility index (Phi) is 20.4. The van der Waals surface area contributed by atoms with Crippen molar-refractivity contribution in [2.75, 3.05) is 26.4 Å². The molecule has 15 atom stereocenters. The molecule has 3 aliphatic heterocycles. The number of carbonyl (C=O) groups excluding carboxylic acids is 9. The minimum absolute atomic E-state index is 0.163. The molecule has 0 spiro atoms. The maximum atomic E-state index is 12.9. The number of ether oxygens (including phenoxy) is 15. The van der Waals surface area contributed by atoms with E-state index in [-0.39, 0.29) is 6.61 Å². The molecule has 0 saturated carbocycles. The average Bonchev–Trinajstić information content (AvgIpc) is 3.17. The van der Waals surface area contributed by atoms with Crippen LogP contribution in [0.5, 0.6) is 0 Å². The number of carbonyl (C=O) groups is 9. The Hall–Kier alpha value is -5.31. The van der Waals surface area contributed by atoms with Gasteiger partial charge in [0, 0.05) is 62.3 Å². The molecule has 3 heterocycles. The van der Waals surface area contributed by atoms with Gasteiger partial charge >= 0.3 is 53.7 Å². The summed E-state index contributed by atoms with van der Waals surface area (Å²) in [4.78, 5) is 112. The highest BCUT2D eigenvalue weighted by Crippen LogP contribution is 2.37. The molecule has 25 nitrogen and oxygen atoms in total. The van der Waals surface area contributed by atoms with E-state index in [1.54, 1.807) is 0 Å². The summed E-state index contributed by atoms with van der Waals surface area (Å²) in [5, 5.41) is 11.4. The zero-order chi connectivity index (χ0) is 48.0. The van der Waals surface area contributed by atoms with E-state index in [4.69, 9.17) is 71.1 Å². The quantitative estimate of drug-likeness (QED) is 0.0901. The van der Waals surface area contributed by atoms with E-state index in [1.165, 1.54) is 6.08 Å². The van der Waals surface area contributed by atoms with Crippen LogP contribution in [-0.2, 0) is 114 Å². The number of aliphatic hydroxyl groups is 1. The van der Waals surface area contributed by atoms with Gasteiger partial charge in [-0.05, 0) is 0 Å². The van der Waals surface area contributed by atoms with Crippen molar-refractivity contribution in [2.24, 2.45) is 0 Å². The van der Waals surface area contributed by atoms with Crippen LogP contribution < -0.4 is 0 Å². The fraction of sp³-hybridized carbons (Fsp3) is 0.718. The highest BCUT2D eigenvalue weighted by Gasteiger charge is 2.59. The maximum absolute atomic E-state index is 12.9. The zero-order valence-electron chi connectivity index (χ0n) is 36.5. The average molecular weight is 923 g/mol. The van der Waals surface area contributed by atoms with Crippen LogP contribution in [0.15, 0.2) is 12.7 Å². The zero-order valence-corrected chi connectivity index (χ0v) is 36.5. The Morgan fingerprint density at radius 3 is 1.08 bits per heavy atom. The Morgan fingerprint density at radius 2 is 0.719 bits per heavy atom. The molecule has 0 aromatic carbocycles. The maximum Gasteiger partial charge on any atom is 0.303 e. The summed E-state index contributed by atoms with van der Waals surface area (Å²) in [6.45, 7) is 10.4. The number of hydrogen-bond donors (Lipinski definition) is 1. The molecule has 6 unspecified atom stereocenters. The van der Waals surface area contributed by atoms with E-state index < -0.39 is 166 Å². The highest BCUT2D eigenvalue weighted by molar-refractivity contribution is 5.70. The first-order valence-corrected chi connectivity index (χ1v) is 19.6. The summed E-state index contributed by atoms with van der Waals surface area (Å²) < 4.78 is 85.2. The van der Waals surface area contributed by atoms with Gasteiger partial charge in [0.05, 0.1) is 6.61 Å². The molecule has 25 heteroatoms. The highest BCUT2D eigenvalue weighted by atomic mass is 16.8. The number of hydrogen-bond acceptors (Lipinski definition) is 25. The molecule has 0 amide bonds. The van der Waals surface area contributed by atoms with Gasteiger partial charge in [-0.1, -0.05) is 6.08 Å². The Morgan fingerprint density at radius 1 is 0.422 bits per heavy atom. The number of rotatable bonds is 19. The minimum Gasteiger partial charge on any atom is -0.463 e. The lowest BCUT2D eigenvalue weighted by Gasteiger charge is -2.50. The molecule has 3 saturated heterocycles. The topological polar surface area (TPSA) is 312 Å². The first-order valence-electron chi connectivity index (χ1n) is 19.6. The van der Waals surface area contributed by atoms with Gasteiger partial charge in [0.25, 0.3) is 0 Å². The van der Waals surface area contributed by atoms with Gasteiger partial charge in [0.2, 0.25) is 0 Å². The number of aliphatic hydroxyl groups excluding tert-OH is 1. The van der Waals surface area contributed by atoms with Gasteiger partial charge in [0.1, 0.15) is 56.4 Å². The predicted octanol–water partition coefficient (Wildman–Crippen LogP) is -1.23. The van der Waals surface area contributed by atoms with Crippen molar-refractivity contribution in [3.05, 3.63) is 12.7 Å². The molecule has 0 bridgehead atoms. The molecule has 0 aromatic rings. The Bertz CT molecular complexity index is 1700. The van der Waals surface area contributed by atoms with Gasteiger partial charge in [-0.3, -0.25) is 43.2 Å². The monoisotopic (exact) mass is 922 g/mol. The van der Waals surface area contributed by atoms with Gasteiger partial charge in [-0.25, -0.2) is 0 Å². The van der Waals surface area contributed by atoms with Crippen LogP contribution in [0.3, 0.4) is 0 Å². The first kappa shape index (κ1) is 53.0. The largest absolute Gasteiger partial charge is 0.463 e. The SMILES string of the molecule is C=CCO[C@@H]1OC(COC(C)=O)[C@@H](O[C@@H]2OC(COC(C)=O)[C@H](O[C@H]3OC(COC(C)=O)[C@H](OC(C)=O)[C@H](OC(C)=O)C3OC(C)=O)[C@H](OC(C)=O)C2OC(C)=O)[C@H](OC(C)=O)C1O. The van der Waals surface area contributed by atoms with Crippen molar-refractivity contribution in [2.45, 2.75) is 154 Å². The predicted molar refractivity (Wildman–Crippen MR) is 201 cm³/mol. The second kappa shape index (κ2) is 24.7. The fourth-order valence-corrected chi connectivity index (χ4v) is 6.76. The van der Waals surface area contributed by atoms with E-state index in [2.05, 4.69) is 6.58 Å². The Labute approximate surface area is 366 Å². The lowest BCUT2D eigenvalue weighted by atomic mass is 9.95. The molecule has 64 heavy (non-hydrogen) atoms. The first-order chi connectivity index (χ1) is 30.0. The molecule has 3 fully saturated rings. The van der Waals surface area contributed by atoms with Crippen LogP contribution in [0.1, 0.15) is 62.3 Å². The third kappa shape index (κ3) is 15.7. The van der Waals surface area contributed by atoms with Crippen molar-refractivity contribution in [1.82, 2.24) is 0 Å². The third-order valence-electron chi connectivity index (χ3n) is 8.92. The van der Waals surface area contributed by atoms with Crippen LogP contribution >= 0.6 is 0 Å². The molecule has 3 aliphatic rings. The van der Waals surface area contributed by atoms with Crippen LogP contribution in [0, 0.1) is 0 Å². The van der Waals surface area contributed by atoms with Crippen molar-refractivity contribution in [3.8, 4) is 0 Å². The molecule has 0 aromatic heterocycles. The summed E-state index contributed by atoms with van der Waals surface area (Å²) in [6.07, 6.45) is -24.8. The van der Waals surface area contributed by atoms with E-state index in [0.29, 0.717) is 0 Å². The van der Waals surface area contributed by atoms with Crippen LogP contribution in [-0.4, -0.2) is 177 Å². The summed E-state index contributed by atoms with van der Waals surface area (Å²) in [5.41, 5.74) is 0. The van der Waals surface area contributed by atoms with Gasteiger partial charge in [-0.15, -0.1) is 6.58 Å². The second-order valence-corrected chi connectivity index (χ2v) is 14.3. The van der Waals surface area contributed by atoms with E-state index in [0.717, 1.165) is 62.3 Å². The van der Waals surface area contributed by atoms with Crippen LogP contribution in [0.4, 0.5) is 0 Å². The molecule has 0 aliphatic carbocycles. The fourth-order valence-electron chi connectivity index (χ4n) is 6.76. The van der Waals surface area contributed by atoms with Crippen molar-refractivity contribution in [3.63, 3.8) is 0 Å². The smallest absolute Gasteiger partial charge is 0.303 e. The molecule has 360 valence electrons. The van der Waals surface area contributed by atoms with Crippen molar-refractivity contribution >= 4 is 53.7 Å². The summed E-state index contributed by atoms with van der Waals surface area (Å²) >= 11 is 0. The Balaban J connectivity index is 2.25. The van der Waals surface area contributed by atoms with E-state index >= 15 is 0 Å². The van der Waals surface area contributed by atoms with E-state index in [9.17, 15) is 48.3 Å². The van der Waals surface area contributed by atoms with Gasteiger partial charge in [0.15, 0.2) is 55.5 Å². The number of esters is 9. The lowest BCUT2D eigenvalue weighted by Crippen LogP contribution is -2.68. The lowest BCUT2D eigenvalue weighted by molar-refractivity contribution is -0.379. The molecular weight excluding hydrogens is 868 g/mol. The summed E-state index contributed by atoms with van der Waals surface area (Å²) in [6, 6.07) is 0.